The lowest BCUT2D eigenvalue weighted by molar-refractivity contribution is 0.0937. The van der Waals surface area contributed by atoms with E-state index in [1.807, 2.05) is 12.1 Å². The molecule has 34 heavy (non-hydrogen) atoms. The van der Waals surface area contributed by atoms with Crippen LogP contribution in [0.25, 0.3) is 0 Å². The molecule has 9 heteroatoms. The molecule has 0 aliphatic carbocycles. The number of methoxy groups -OCH3 is 1. The van der Waals surface area contributed by atoms with Gasteiger partial charge in [-0.1, -0.05) is 29.3 Å². The third-order valence-corrected chi connectivity index (χ3v) is 7.07. The number of hydrogen-bond donors (Lipinski definition) is 2. The summed E-state index contributed by atoms with van der Waals surface area (Å²) in [6.07, 6.45) is 0.891. The van der Waals surface area contributed by atoms with Crippen molar-refractivity contribution < 1.29 is 14.3 Å². The molecule has 7 nitrogen and oxygen atoms in total. The molecule has 0 aromatic heterocycles. The van der Waals surface area contributed by atoms with Gasteiger partial charge in [-0.15, -0.1) is 0 Å². The summed E-state index contributed by atoms with van der Waals surface area (Å²) in [7, 11) is 1.69. The fourth-order valence-electron chi connectivity index (χ4n) is 4.41. The maximum Gasteiger partial charge on any atom is 0.251 e. The van der Waals surface area contributed by atoms with Crippen molar-refractivity contribution in [3.8, 4) is 11.5 Å². The van der Waals surface area contributed by atoms with Gasteiger partial charge in [-0.2, -0.15) is 0 Å². The second kappa shape index (κ2) is 12.1. The minimum Gasteiger partial charge on any atom is -0.496 e. The molecule has 2 N–H and O–H groups in total. The molecule has 2 fully saturated rings. The summed E-state index contributed by atoms with van der Waals surface area (Å²) in [4.78, 5) is 17.3. The average Bonchev–Trinajstić information content (AvgIpc) is 3.29. The summed E-state index contributed by atoms with van der Waals surface area (Å²) in [5, 5.41) is 7.29. The number of hydrogen-bond acceptors (Lipinski definition) is 6. The lowest BCUT2D eigenvalue weighted by Crippen LogP contribution is -2.44. The van der Waals surface area contributed by atoms with E-state index < -0.39 is 0 Å². The van der Waals surface area contributed by atoms with E-state index in [-0.39, 0.29) is 11.9 Å². The van der Waals surface area contributed by atoms with Gasteiger partial charge in [-0.3, -0.25) is 14.6 Å². The van der Waals surface area contributed by atoms with Gasteiger partial charge in [0, 0.05) is 75.6 Å². The van der Waals surface area contributed by atoms with E-state index in [1.165, 1.54) is 0 Å². The molecular weight excluding hydrogens is 475 g/mol. The molecule has 2 aliphatic rings. The highest BCUT2D eigenvalue weighted by Crippen LogP contribution is 2.27. The van der Waals surface area contributed by atoms with Crippen LogP contribution < -0.4 is 20.1 Å². The third kappa shape index (κ3) is 6.77. The quantitative estimate of drug-likeness (QED) is 0.543. The molecule has 2 aromatic carbocycles. The molecule has 1 atom stereocenters. The fraction of sp³-hybridized carbons (Fsp3) is 0.480. The summed E-state index contributed by atoms with van der Waals surface area (Å²) >= 11 is 12.0. The van der Waals surface area contributed by atoms with Crippen LogP contribution in [0.1, 0.15) is 22.3 Å². The smallest absolute Gasteiger partial charge is 0.251 e. The van der Waals surface area contributed by atoms with E-state index in [9.17, 15) is 4.79 Å². The predicted molar refractivity (Wildman–Crippen MR) is 135 cm³/mol. The lowest BCUT2D eigenvalue weighted by atomic mass is 10.1. The Labute approximate surface area is 211 Å². The average molecular weight is 507 g/mol. The van der Waals surface area contributed by atoms with Crippen molar-refractivity contribution in [2.45, 2.75) is 19.0 Å². The SMILES string of the molecule is COc1cc(OCCN2CCNCC2)ccc1CN1CCC(NC(=O)c2ccc(Cl)c(Cl)c2)C1. The van der Waals surface area contributed by atoms with Crippen LogP contribution in [0.3, 0.4) is 0 Å². The minimum atomic E-state index is -0.134. The number of halogens is 2. The van der Waals surface area contributed by atoms with Crippen molar-refractivity contribution in [1.82, 2.24) is 20.4 Å². The first kappa shape index (κ1) is 25.1. The van der Waals surface area contributed by atoms with Gasteiger partial charge in [0.2, 0.25) is 0 Å². The first-order valence-electron chi connectivity index (χ1n) is 11.7. The van der Waals surface area contributed by atoms with Crippen molar-refractivity contribution in [2.75, 3.05) is 59.5 Å². The Hall–Kier alpha value is -2.03. The second-order valence-corrected chi connectivity index (χ2v) is 9.55. The maximum atomic E-state index is 12.6. The molecule has 2 heterocycles. The number of carbonyl (C=O) groups excluding carboxylic acids is 1. The summed E-state index contributed by atoms with van der Waals surface area (Å²) in [6.45, 7) is 8.23. The van der Waals surface area contributed by atoms with E-state index in [0.717, 1.165) is 75.8 Å². The Balaban J connectivity index is 1.26. The number of carbonyl (C=O) groups is 1. The Bertz CT molecular complexity index is 985. The lowest BCUT2D eigenvalue weighted by Gasteiger charge is -2.27. The number of rotatable bonds is 9. The molecule has 0 saturated carbocycles. The summed E-state index contributed by atoms with van der Waals surface area (Å²) < 4.78 is 11.6. The molecule has 4 rings (SSSR count). The van der Waals surface area contributed by atoms with Crippen LogP contribution in [-0.2, 0) is 6.54 Å². The Morgan fingerprint density at radius 2 is 1.91 bits per heavy atom. The molecule has 0 radical (unpaired) electrons. The fourth-order valence-corrected chi connectivity index (χ4v) is 4.71. The van der Waals surface area contributed by atoms with Crippen molar-refractivity contribution in [2.24, 2.45) is 0 Å². The number of piperazine rings is 1. The molecule has 184 valence electrons. The van der Waals surface area contributed by atoms with Crippen LogP contribution in [0, 0.1) is 0 Å². The number of benzene rings is 2. The Morgan fingerprint density at radius 3 is 2.68 bits per heavy atom. The van der Waals surface area contributed by atoms with Crippen LogP contribution >= 0.6 is 23.2 Å². The highest BCUT2D eigenvalue weighted by Gasteiger charge is 2.25. The number of nitrogens with zero attached hydrogens (tertiary/aromatic N) is 2. The van der Waals surface area contributed by atoms with Crippen molar-refractivity contribution in [3.05, 3.63) is 57.6 Å². The van der Waals surface area contributed by atoms with Gasteiger partial charge in [0.1, 0.15) is 18.1 Å². The summed E-state index contributed by atoms with van der Waals surface area (Å²) in [5.74, 6) is 1.51. The van der Waals surface area contributed by atoms with Crippen LogP contribution in [0.5, 0.6) is 11.5 Å². The van der Waals surface area contributed by atoms with E-state index in [0.29, 0.717) is 22.2 Å². The van der Waals surface area contributed by atoms with Gasteiger partial charge in [0.25, 0.3) is 5.91 Å². The molecule has 0 bridgehead atoms. The number of ether oxygens (including phenoxy) is 2. The van der Waals surface area contributed by atoms with Gasteiger partial charge in [-0.25, -0.2) is 0 Å². The monoisotopic (exact) mass is 506 g/mol. The largest absolute Gasteiger partial charge is 0.496 e. The van der Waals surface area contributed by atoms with E-state index in [1.54, 1.807) is 25.3 Å². The maximum absolute atomic E-state index is 12.6. The number of nitrogens with one attached hydrogen (secondary N) is 2. The van der Waals surface area contributed by atoms with E-state index in [2.05, 4.69) is 26.5 Å². The van der Waals surface area contributed by atoms with Crippen LogP contribution in [0.4, 0.5) is 0 Å². The first-order chi connectivity index (χ1) is 16.5. The zero-order valence-corrected chi connectivity index (χ0v) is 21.0. The van der Waals surface area contributed by atoms with Crippen molar-refractivity contribution in [1.29, 1.82) is 0 Å². The first-order valence-corrected chi connectivity index (χ1v) is 12.5. The van der Waals surface area contributed by atoms with Crippen LogP contribution in [0.2, 0.25) is 10.0 Å². The highest BCUT2D eigenvalue weighted by molar-refractivity contribution is 6.42. The Kier molecular flexibility index (Phi) is 8.92. The standard InChI is InChI=1S/C25H32Cl2N4O3/c1-33-24-15-21(34-13-12-30-10-7-28-8-11-30)4-2-19(24)16-31-9-6-20(17-31)29-25(32)18-3-5-22(26)23(27)14-18/h2-5,14-15,20,28H,6-13,16-17H2,1H3,(H,29,32). The predicted octanol–water partition coefficient (Wildman–Crippen LogP) is 3.29. The molecule has 1 unspecified atom stereocenters. The second-order valence-electron chi connectivity index (χ2n) is 8.74. The third-order valence-electron chi connectivity index (χ3n) is 6.33. The Morgan fingerprint density at radius 1 is 1.09 bits per heavy atom. The van der Waals surface area contributed by atoms with E-state index in [4.69, 9.17) is 32.7 Å². The zero-order valence-electron chi connectivity index (χ0n) is 19.5. The van der Waals surface area contributed by atoms with Crippen LogP contribution in [-0.4, -0.2) is 81.3 Å². The van der Waals surface area contributed by atoms with Gasteiger partial charge in [0.05, 0.1) is 17.2 Å². The topological polar surface area (TPSA) is 66.1 Å². The van der Waals surface area contributed by atoms with Gasteiger partial charge < -0.3 is 20.1 Å². The van der Waals surface area contributed by atoms with Gasteiger partial charge in [-0.05, 0) is 30.7 Å². The minimum absolute atomic E-state index is 0.0838. The number of amides is 1. The molecule has 2 saturated heterocycles. The van der Waals surface area contributed by atoms with Gasteiger partial charge >= 0.3 is 0 Å². The van der Waals surface area contributed by atoms with Crippen molar-refractivity contribution in [3.63, 3.8) is 0 Å². The molecule has 0 spiro atoms. The van der Waals surface area contributed by atoms with Crippen molar-refractivity contribution >= 4 is 29.1 Å². The number of likely N-dealkylation sites (tertiary alicyclic amines) is 1. The summed E-state index contributed by atoms with van der Waals surface area (Å²) in [6, 6.07) is 11.1. The summed E-state index contributed by atoms with van der Waals surface area (Å²) in [5.41, 5.74) is 1.62. The van der Waals surface area contributed by atoms with E-state index >= 15 is 0 Å². The zero-order chi connectivity index (χ0) is 23.9. The molecule has 1 amide bonds. The normalized spacial score (nSPS) is 19.2. The molecular formula is C25H32Cl2N4O3. The van der Waals surface area contributed by atoms with Crippen LogP contribution in [0.15, 0.2) is 36.4 Å². The van der Waals surface area contributed by atoms with Gasteiger partial charge in [0.15, 0.2) is 0 Å². The molecule has 2 aromatic rings. The highest BCUT2D eigenvalue weighted by atomic mass is 35.5. The molecule has 2 aliphatic heterocycles.